The molecule has 0 bridgehead atoms. The van der Waals surface area contributed by atoms with Crippen molar-refractivity contribution in [1.29, 1.82) is 0 Å². The van der Waals surface area contributed by atoms with Crippen LogP contribution < -0.4 is 14.8 Å². The molecule has 2 aromatic rings. The summed E-state index contributed by atoms with van der Waals surface area (Å²) in [7, 11) is 3.21. The Morgan fingerprint density at radius 1 is 1.09 bits per heavy atom. The molecule has 0 unspecified atom stereocenters. The molecule has 0 saturated carbocycles. The van der Waals surface area contributed by atoms with Gasteiger partial charge >= 0.3 is 5.97 Å². The zero-order valence-electron chi connectivity index (χ0n) is 20.4. The van der Waals surface area contributed by atoms with Crippen LogP contribution >= 0.6 is 15.9 Å². The molecule has 2 atom stereocenters. The van der Waals surface area contributed by atoms with Crippen LogP contribution in [0.25, 0.3) is 0 Å². The fourth-order valence-corrected chi connectivity index (χ4v) is 5.46. The van der Waals surface area contributed by atoms with Crippen LogP contribution in [0.5, 0.6) is 11.5 Å². The topological polar surface area (TPSA) is 73.9 Å². The van der Waals surface area contributed by atoms with Crippen molar-refractivity contribution in [3.63, 3.8) is 0 Å². The maximum Gasteiger partial charge on any atom is 0.336 e. The highest BCUT2D eigenvalue weighted by molar-refractivity contribution is 9.10. The van der Waals surface area contributed by atoms with E-state index < -0.39 is 5.92 Å². The van der Waals surface area contributed by atoms with E-state index >= 15 is 0 Å². The van der Waals surface area contributed by atoms with Gasteiger partial charge in [0, 0.05) is 33.8 Å². The minimum atomic E-state index is -0.495. The summed E-state index contributed by atoms with van der Waals surface area (Å²) in [5.41, 5.74) is 4.58. The lowest BCUT2D eigenvalue weighted by Gasteiger charge is -2.37. The monoisotopic (exact) mass is 539 g/mol. The predicted molar refractivity (Wildman–Crippen MR) is 138 cm³/mol. The number of benzene rings is 2. The van der Waals surface area contributed by atoms with Crippen LogP contribution in [0.1, 0.15) is 56.1 Å². The molecule has 2 aliphatic rings. The number of hydrogen-bond donors (Lipinski definition) is 1. The van der Waals surface area contributed by atoms with Gasteiger partial charge in [0.15, 0.2) is 17.3 Å². The Balaban J connectivity index is 1.77. The predicted octanol–water partition coefficient (Wildman–Crippen LogP) is 5.78. The van der Waals surface area contributed by atoms with Crippen LogP contribution in [-0.2, 0) is 14.3 Å². The van der Waals surface area contributed by atoms with Gasteiger partial charge in [-0.2, -0.15) is 0 Å². The van der Waals surface area contributed by atoms with E-state index in [0.29, 0.717) is 47.8 Å². The molecular weight excluding hydrogens is 510 g/mol. The largest absolute Gasteiger partial charge is 0.493 e. The Morgan fingerprint density at radius 2 is 1.83 bits per heavy atom. The fraction of sp³-hybridized carbons (Fsp3) is 0.357. The van der Waals surface area contributed by atoms with Crippen LogP contribution in [0.4, 0.5) is 0 Å². The molecule has 1 N–H and O–H groups in total. The van der Waals surface area contributed by atoms with E-state index in [0.717, 1.165) is 27.7 Å². The van der Waals surface area contributed by atoms with Crippen LogP contribution in [-0.4, -0.2) is 32.6 Å². The third kappa shape index (κ3) is 4.87. The van der Waals surface area contributed by atoms with Crippen molar-refractivity contribution >= 4 is 27.7 Å². The first kappa shape index (κ1) is 25.0. The number of dihydropyridines is 1. The zero-order chi connectivity index (χ0) is 25.1. The molecule has 35 heavy (non-hydrogen) atoms. The lowest BCUT2D eigenvalue weighted by atomic mass is 9.71. The van der Waals surface area contributed by atoms with E-state index in [-0.39, 0.29) is 17.7 Å². The Labute approximate surface area is 214 Å². The van der Waals surface area contributed by atoms with Gasteiger partial charge in [0.25, 0.3) is 0 Å². The lowest BCUT2D eigenvalue weighted by molar-refractivity contribution is -0.139. The third-order valence-electron chi connectivity index (χ3n) is 6.58. The van der Waals surface area contributed by atoms with Crippen LogP contribution in [0, 0.1) is 0 Å². The molecule has 1 aliphatic carbocycles. The normalized spacial score (nSPS) is 19.7. The van der Waals surface area contributed by atoms with Crippen molar-refractivity contribution in [2.45, 2.75) is 44.9 Å². The van der Waals surface area contributed by atoms with Gasteiger partial charge < -0.3 is 19.5 Å². The first-order chi connectivity index (χ1) is 16.9. The Morgan fingerprint density at radius 3 is 2.51 bits per heavy atom. The minimum absolute atomic E-state index is 0.0187. The molecule has 0 aromatic heterocycles. The molecule has 1 aliphatic heterocycles. The number of allylic oxidation sites excluding steroid dienone is 3. The molecule has 1 heterocycles. The van der Waals surface area contributed by atoms with Crippen molar-refractivity contribution in [1.82, 2.24) is 5.32 Å². The van der Waals surface area contributed by atoms with E-state index in [4.69, 9.17) is 14.2 Å². The number of methoxy groups -OCH3 is 2. The number of carbonyl (C=O) groups excluding carboxylic acids is 2. The number of ketones is 1. The number of hydrogen-bond acceptors (Lipinski definition) is 6. The maximum atomic E-state index is 13.7. The second kappa shape index (κ2) is 10.7. The Hall–Kier alpha value is -3.06. The first-order valence-corrected chi connectivity index (χ1v) is 12.6. The highest BCUT2D eigenvalue weighted by Gasteiger charge is 2.42. The molecule has 0 saturated heterocycles. The van der Waals surface area contributed by atoms with Gasteiger partial charge in [-0.3, -0.25) is 4.79 Å². The standard InChI is InChI=1S/C28H30BrNO5/c1-5-12-35-28(32)25-16(2)30-21-13-18(17-10-11-23(33-3)24(15-17)34-4)14-22(31)27(21)26(25)19-8-6-7-9-20(19)29/h6-11,15,18,26,30H,5,12-14H2,1-4H3/t18-,26-/m0/s1. The molecule has 4 rings (SSSR count). The van der Waals surface area contributed by atoms with E-state index in [1.807, 2.05) is 56.3 Å². The molecule has 0 spiro atoms. The second-order valence-corrected chi connectivity index (χ2v) is 9.64. The van der Waals surface area contributed by atoms with Crippen LogP contribution in [0.2, 0.25) is 0 Å². The van der Waals surface area contributed by atoms with Gasteiger partial charge in [-0.15, -0.1) is 0 Å². The quantitative estimate of drug-likeness (QED) is 0.449. The molecular formula is C28H30BrNO5. The van der Waals surface area contributed by atoms with E-state index in [1.54, 1.807) is 14.2 Å². The number of halogens is 1. The molecule has 6 nitrogen and oxygen atoms in total. The number of rotatable bonds is 7. The van der Waals surface area contributed by atoms with E-state index in [1.165, 1.54) is 0 Å². The van der Waals surface area contributed by atoms with Gasteiger partial charge in [0.1, 0.15) is 0 Å². The summed E-state index contributed by atoms with van der Waals surface area (Å²) in [5.74, 6) is 0.403. The molecule has 0 radical (unpaired) electrons. The van der Waals surface area contributed by atoms with Gasteiger partial charge in [-0.1, -0.05) is 47.1 Å². The van der Waals surface area contributed by atoms with Crippen LogP contribution in [0.15, 0.2) is 69.5 Å². The summed E-state index contributed by atoms with van der Waals surface area (Å²) >= 11 is 3.64. The summed E-state index contributed by atoms with van der Waals surface area (Å²) in [4.78, 5) is 26.9. The van der Waals surface area contributed by atoms with Crippen molar-refractivity contribution in [3.05, 3.63) is 80.6 Å². The van der Waals surface area contributed by atoms with Crippen molar-refractivity contribution in [3.8, 4) is 11.5 Å². The van der Waals surface area contributed by atoms with Gasteiger partial charge in [0.2, 0.25) is 0 Å². The third-order valence-corrected chi connectivity index (χ3v) is 7.30. The smallest absolute Gasteiger partial charge is 0.336 e. The maximum absolute atomic E-state index is 13.7. The molecule has 0 fully saturated rings. The zero-order valence-corrected chi connectivity index (χ0v) is 22.0. The summed E-state index contributed by atoms with van der Waals surface area (Å²) < 4.78 is 17.2. The number of ether oxygens (including phenoxy) is 3. The summed E-state index contributed by atoms with van der Waals surface area (Å²) in [6, 6.07) is 13.5. The molecule has 2 aromatic carbocycles. The lowest BCUT2D eigenvalue weighted by Crippen LogP contribution is -2.36. The molecule has 184 valence electrons. The fourth-order valence-electron chi connectivity index (χ4n) is 4.94. The number of carbonyl (C=O) groups is 2. The van der Waals surface area contributed by atoms with Gasteiger partial charge in [-0.05, 0) is 55.0 Å². The van der Waals surface area contributed by atoms with Crippen molar-refractivity contribution < 1.29 is 23.8 Å². The van der Waals surface area contributed by atoms with Crippen molar-refractivity contribution in [2.75, 3.05) is 20.8 Å². The van der Waals surface area contributed by atoms with Gasteiger partial charge in [0.05, 0.1) is 26.4 Å². The molecule has 0 amide bonds. The van der Waals surface area contributed by atoms with E-state index in [2.05, 4.69) is 21.2 Å². The number of esters is 1. The van der Waals surface area contributed by atoms with E-state index in [9.17, 15) is 9.59 Å². The van der Waals surface area contributed by atoms with Gasteiger partial charge in [-0.25, -0.2) is 4.79 Å². The highest BCUT2D eigenvalue weighted by atomic mass is 79.9. The van der Waals surface area contributed by atoms with Crippen molar-refractivity contribution in [2.24, 2.45) is 0 Å². The first-order valence-electron chi connectivity index (χ1n) is 11.8. The minimum Gasteiger partial charge on any atom is -0.493 e. The number of Topliss-reactive ketones (excluding diaryl/α,β-unsaturated/α-hetero) is 1. The SMILES string of the molecule is CCCOC(=O)C1=C(C)NC2=C(C(=O)C[C@@H](c3ccc(OC)c(OC)c3)C2)[C@H]1c1ccccc1Br. The second-order valence-electron chi connectivity index (χ2n) is 8.79. The Bertz CT molecular complexity index is 1220. The number of nitrogens with one attached hydrogen (secondary N) is 1. The average Bonchev–Trinajstić information content (AvgIpc) is 2.86. The highest BCUT2D eigenvalue weighted by Crippen LogP contribution is 2.47. The average molecular weight is 540 g/mol. The summed E-state index contributed by atoms with van der Waals surface area (Å²) in [6.45, 7) is 4.17. The molecule has 7 heteroatoms. The summed E-state index contributed by atoms with van der Waals surface area (Å²) in [5, 5.41) is 3.39. The van der Waals surface area contributed by atoms with Crippen LogP contribution in [0.3, 0.4) is 0 Å². The summed E-state index contributed by atoms with van der Waals surface area (Å²) in [6.07, 6.45) is 1.71. The Kier molecular flexibility index (Phi) is 7.65.